The number of carbonyl (C=O) groups is 1. The molecule has 2 rings (SSSR count). The molecule has 1 N–H and O–H groups in total. The van der Waals surface area contributed by atoms with Gasteiger partial charge >= 0.3 is 6.09 Å². The summed E-state index contributed by atoms with van der Waals surface area (Å²) in [5.41, 5.74) is 2.01. The summed E-state index contributed by atoms with van der Waals surface area (Å²) in [4.78, 5) is 17.0. The molecule has 140 valence electrons. The van der Waals surface area contributed by atoms with E-state index in [0.717, 1.165) is 37.6 Å². The van der Waals surface area contributed by atoms with Crippen molar-refractivity contribution >= 4 is 17.5 Å². The Bertz CT molecular complexity index is 560. The predicted molar refractivity (Wildman–Crippen MR) is 105 cm³/mol. The summed E-state index contributed by atoms with van der Waals surface area (Å²) in [6.07, 6.45) is -0.258. The number of rotatable bonds is 5. The van der Waals surface area contributed by atoms with Gasteiger partial charge in [-0.1, -0.05) is 46.8 Å². The molecule has 1 aliphatic rings. The molecule has 0 atom stereocenters. The van der Waals surface area contributed by atoms with E-state index in [1.165, 1.54) is 0 Å². The third-order valence-corrected chi connectivity index (χ3v) is 4.03. The molecular weight excluding hydrogens is 314 g/mol. The highest BCUT2D eigenvalue weighted by Crippen LogP contribution is 2.31. The number of amides is 1. The number of piperazine rings is 1. The van der Waals surface area contributed by atoms with E-state index in [9.17, 15) is 4.79 Å². The van der Waals surface area contributed by atoms with E-state index in [1.807, 2.05) is 18.2 Å². The fraction of sp³-hybridized carbons (Fsp3) is 0.650. The smallest absolute Gasteiger partial charge is 0.414 e. The van der Waals surface area contributed by atoms with E-state index in [-0.39, 0.29) is 11.5 Å². The van der Waals surface area contributed by atoms with Gasteiger partial charge in [-0.15, -0.1) is 0 Å². The van der Waals surface area contributed by atoms with Crippen LogP contribution in [0.25, 0.3) is 0 Å². The standard InChI is InChI=1S/C20H33N3O2/c1-16(2)14-23(19(24)25-15-20(3,4)5)18-9-7-6-8-17(18)22-12-10-21-11-13-22/h6-9,16,21H,10-15H2,1-5H3. The lowest BCUT2D eigenvalue weighted by Crippen LogP contribution is -2.45. The number of para-hydroxylation sites is 2. The minimum Gasteiger partial charge on any atom is -0.449 e. The van der Waals surface area contributed by atoms with Crippen LogP contribution in [-0.4, -0.2) is 45.4 Å². The zero-order valence-electron chi connectivity index (χ0n) is 16.3. The molecule has 5 nitrogen and oxygen atoms in total. The molecule has 1 fully saturated rings. The minimum atomic E-state index is -0.258. The zero-order valence-corrected chi connectivity index (χ0v) is 16.3. The maximum Gasteiger partial charge on any atom is 0.414 e. The van der Waals surface area contributed by atoms with Gasteiger partial charge < -0.3 is 15.0 Å². The van der Waals surface area contributed by atoms with Gasteiger partial charge in [-0.25, -0.2) is 4.79 Å². The van der Waals surface area contributed by atoms with E-state index in [1.54, 1.807) is 4.90 Å². The molecule has 0 aliphatic carbocycles. The van der Waals surface area contributed by atoms with Crippen LogP contribution in [0.4, 0.5) is 16.2 Å². The van der Waals surface area contributed by atoms with E-state index >= 15 is 0 Å². The Kier molecular flexibility index (Phi) is 6.71. The van der Waals surface area contributed by atoms with Crippen molar-refractivity contribution in [1.82, 2.24) is 5.32 Å². The SMILES string of the molecule is CC(C)CN(C(=O)OCC(C)(C)C)c1ccccc1N1CCNCC1. The molecule has 0 bridgehead atoms. The van der Waals surface area contributed by atoms with Crippen LogP contribution in [0.3, 0.4) is 0 Å². The Hall–Kier alpha value is -1.75. The second-order valence-electron chi connectivity index (χ2n) is 8.35. The molecule has 0 spiro atoms. The zero-order chi connectivity index (χ0) is 18.4. The predicted octanol–water partition coefficient (Wildman–Crippen LogP) is 3.74. The van der Waals surface area contributed by atoms with Gasteiger partial charge in [0.2, 0.25) is 0 Å². The van der Waals surface area contributed by atoms with Crippen molar-refractivity contribution in [2.75, 3.05) is 49.1 Å². The largest absolute Gasteiger partial charge is 0.449 e. The van der Waals surface area contributed by atoms with Gasteiger partial charge in [0, 0.05) is 32.7 Å². The van der Waals surface area contributed by atoms with Gasteiger partial charge in [0.05, 0.1) is 18.0 Å². The molecule has 25 heavy (non-hydrogen) atoms. The van der Waals surface area contributed by atoms with Crippen LogP contribution < -0.4 is 15.1 Å². The van der Waals surface area contributed by atoms with E-state index < -0.39 is 0 Å². The fourth-order valence-corrected chi connectivity index (χ4v) is 2.86. The normalized spacial score (nSPS) is 15.4. The number of nitrogens with one attached hydrogen (secondary N) is 1. The van der Waals surface area contributed by atoms with Crippen molar-refractivity contribution in [1.29, 1.82) is 0 Å². The summed E-state index contributed by atoms with van der Waals surface area (Å²) in [5.74, 6) is 0.360. The molecule has 1 heterocycles. The average molecular weight is 348 g/mol. The summed E-state index contributed by atoms with van der Waals surface area (Å²) in [5, 5.41) is 3.38. The highest BCUT2D eigenvalue weighted by molar-refractivity contribution is 5.92. The van der Waals surface area contributed by atoms with Gasteiger partial charge in [0.15, 0.2) is 0 Å². The third-order valence-electron chi connectivity index (χ3n) is 4.03. The summed E-state index contributed by atoms with van der Waals surface area (Å²) >= 11 is 0. The molecule has 0 unspecified atom stereocenters. The third kappa shape index (κ3) is 5.92. The van der Waals surface area contributed by atoms with Crippen molar-refractivity contribution in [2.24, 2.45) is 11.3 Å². The van der Waals surface area contributed by atoms with E-state index in [2.05, 4.69) is 50.9 Å². The van der Waals surface area contributed by atoms with Crippen molar-refractivity contribution in [3.63, 3.8) is 0 Å². The number of nitrogens with zero attached hydrogens (tertiary/aromatic N) is 2. The Labute approximate surface area is 152 Å². The average Bonchev–Trinajstić information content (AvgIpc) is 2.57. The highest BCUT2D eigenvalue weighted by atomic mass is 16.6. The van der Waals surface area contributed by atoms with E-state index in [0.29, 0.717) is 19.1 Å². The lowest BCUT2D eigenvalue weighted by molar-refractivity contribution is 0.112. The lowest BCUT2D eigenvalue weighted by Gasteiger charge is -2.34. The second kappa shape index (κ2) is 8.56. The summed E-state index contributed by atoms with van der Waals surface area (Å²) in [7, 11) is 0. The van der Waals surface area contributed by atoms with Crippen LogP contribution in [0.2, 0.25) is 0 Å². The number of anilines is 2. The Morgan fingerprint density at radius 1 is 1.24 bits per heavy atom. The first kappa shape index (κ1) is 19.6. The molecule has 0 aromatic heterocycles. The molecule has 5 heteroatoms. The molecule has 1 saturated heterocycles. The van der Waals surface area contributed by atoms with Crippen LogP contribution in [0.1, 0.15) is 34.6 Å². The van der Waals surface area contributed by atoms with Crippen molar-refractivity contribution in [2.45, 2.75) is 34.6 Å². The number of hydrogen-bond acceptors (Lipinski definition) is 4. The molecule has 1 amide bonds. The van der Waals surface area contributed by atoms with Crippen LogP contribution in [0.5, 0.6) is 0 Å². The first-order valence-electron chi connectivity index (χ1n) is 9.27. The van der Waals surface area contributed by atoms with Crippen molar-refractivity contribution in [3.05, 3.63) is 24.3 Å². The summed E-state index contributed by atoms with van der Waals surface area (Å²) < 4.78 is 5.62. The molecular formula is C20H33N3O2. The van der Waals surface area contributed by atoms with Gasteiger partial charge in [-0.05, 0) is 23.5 Å². The van der Waals surface area contributed by atoms with Gasteiger partial charge in [-0.2, -0.15) is 0 Å². The van der Waals surface area contributed by atoms with Crippen molar-refractivity contribution < 1.29 is 9.53 Å². The molecule has 1 aromatic rings. The molecule has 1 aromatic carbocycles. The summed E-state index contributed by atoms with van der Waals surface area (Å²) in [6, 6.07) is 8.16. The fourth-order valence-electron chi connectivity index (χ4n) is 2.86. The maximum atomic E-state index is 12.8. The monoisotopic (exact) mass is 347 g/mol. The van der Waals surface area contributed by atoms with Gasteiger partial charge in [0.25, 0.3) is 0 Å². The van der Waals surface area contributed by atoms with E-state index in [4.69, 9.17) is 4.74 Å². The van der Waals surface area contributed by atoms with Crippen LogP contribution >= 0.6 is 0 Å². The van der Waals surface area contributed by atoms with Crippen LogP contribution in [-0.2, 0) is 4.74 Å². The number of hydrogen-bond donors (Lipinski definition) is 1. The quantitative estimate of drug-likeness (QED) is 0.881. The topological polar surface area (TPSA) is 44.8 Å². The maximum absolute atomic E-state index is 12.8. The Balaban J connectivity index is 2.26. The van der Waals surface area contributed by atoms with Crippen LogP contribution in [0.15, 0.2) is 24.3 Å². The lowest BCUT2D eigenvalue weighted by atomic mass is 9.99. The minimum absolute atomic E-state index is 0.0444. The molecule has 0 radical (unpaired) electrons. The molecule has 0 saturated carbocycles. The summed E-state index contributed by atoms with van der Waals surface area (Å²) in [6.45, 7) is 15.3. The Morgan fingerprint density at radius 3 is 2.48 bits per heavy atom. The number of ether oxygens (including phenoxy) is 1. The highest BCUT2D eigenvalue weighted by Gasteiger charge is 2.25. The van der Waals surface area contributed by atoms with Crippen LogP contribution in [0, 0.1) is 11.3 Å². The number of carbonyl (C=O) groups excluding carboxylic acids is 1. The first-order valence-corrected chi connectivity index (χ1v) is 9.27. The van der Waals surface area contributed by atoms with Gasteiger partial charge in [0.1, 0.15) is 0 Å². The molecule has 1 aliphatic heterocycles. The second-order valence-corrected chi connectivity index (χ2v) is 8.35. The van der Waals surface area contributed by atoms with Crippen molar-refractivity contribution in [3.8, 4) is 0 Å². The van der Waals surface area contributed by atoms with Gasteiger partial charge in [-0.3, -0.25) is 4.90 Å². The Morgan fingerprint density at radius 2 is 1.88 bits per heavy atom. The number of benzene rings is 1. The first-order chi connectivity index (χ1) is 11.8.